The van der Waals surface area contributed by atoms with Crippen molar-refractivity contribution in [2.24, 2.45) is 0 Å². The Morgan fingerprint density at radius 3 is 2.48 bits per heavy atom. The second-order valence-corrected chi connectivity index (χ2v) is 6.44. The van der Waals surface area contributed by atoms with E-state index in [0.29, 0.717) is 18.5 Å². The van der Waals surface area contributed by atoms with Crippen LogP contribution in [-0.4, -0.2) is 34.0 Å². The van der Waals surface area contributed by atoms with Crippen LogP contribution in [0.2, 0.25) is 0 Å². The molecule has 2 aromatic carbocycles. The lowest BCUT2D eigenvalue weighted by Gasteiger charge is -2.47. The number of carbonyl (C=O) groups excluding carboxylic acids is 1. The van der Waals surface area contributed by atoms with Gasteiger partial charge < -0.3 is 10.0 Å². The van der Waals surface area contributed by atoms with Crippen LogP contribution in [0.15, 0.2) is 48.5 Å². The summed E-state index contributed by atoms with van der Waals surface area (Å²) in [4.78, 5) is 25.1. The highest BCUT2D eigenvalue weighted by Crippen LogP contribution is 2.31. The molecule has 1 atom stereocenters. The van der Waals surface area contributed by atoms with Crippen LogP contribution in [0.1, 0.15) is 24.5 Å². The van der Waals surface area contributed by atoms with E-state index in [1.54, 1.807) is 13.0 Å². The fourth-order valence-corrected chi connectivity index (χ4v) is 3.03. The minimum atomic E-state index is -1.07. The maximum absolute atomic E-state index is 12.4. The van der Waals surface area contributed by atoms with Crippen molar-refractivity contribution in [2.75, 3.05) is 6.54 Å². The molecule has 1 heterocycles. The molecule has 0 radical (unpaired) electrons. The van der Waals surface area contributed by atoms with Crippen molar-refractivity contribution in [2.45, 2.75) is 25.3 Å². The number of carboxylic acids is 1. The van der Waals surface area contributed by atoms with Crippen LogP contribution in [0.4, 0.5) is 0 Å². The summed E-state index contributed by atoms with van der Waals surface area (Å²) in [7, 11) is 0. The van der Waals surface area contributed by atoms with Gasteiger partial charge in [0, 0.05) is 6.54 Å². The van der Waals surface area contributed by atoms with E-state index in [0.717, 1.165) is 16.7 Å². The van der Waals surface area contributed by atoms with Crippen LogP contribution in [0.5, 0.6) is 0 Å². The second kappa shape index (κ2) is 6.40. The summed E-state index contributed by atoms with van der Waals surface area (Å²) in [6.07, 6.45) is 0.670. The van der Waals surface area contributed by atoms with E-state index in [2.05, 4.69) is 6.07 Å². The van der Waals surface area contributed by atoms with Crippen molar-refractivity contribution in [3.8, 4) is 17.2 Å². The van der Waals surface area contributed by atoms with E-state index < -0.39 is 11.5 Å². The number of hydrogen-bond acceptors (Lipinski definition) is 3. The maximum atomic E-state index is 12.4. The van der Waals surface area contributed by atoms with Crippen LogP contribution in [0.3, 0.4) is 0 Å². The highest BCUT2D eigenvalue weighted by atomic mass is 16.4. The van der Waals surface area contributed by atoms with Gasteiger partial charge in [0.25, 0.3) is 0 Å². The second-order valence-electron chi connectivity index (χ2n) is 6.44. The number of amides is 1. The van der Waals surface area contributed by atoms with Crippen LogP contribution in [0.25, 0.3) is 11.1 Å². The topological polar surface area (TPSA) is 81.4 Å². The summed E-state index contributed by atoms with van der Waals surface area (Å²) in [5, 5.41) is 18.2. The Bertz CT molecular complexity index is 867. The van der Waals surface area contributed by atoms with E-state index in [1.165, 1.54) is 4.90 Å². The van der Waals surface area contributed by atoms with Crippen molar-refractivity contribution < 1.29 is 14.7 Å². The molecule has 25 heavy (non-hydrogen) atoms. The Kier molecular flexibility index (Phi) is 4.28. The molecule has 3 rings (SSSR count). The molecule has 0 aliphatic carbocycles. The average molecular weight is 334 g/mol. The molecule has 2 aromatic rings. The van der Waals surface area contributed by atoms with Gasteiger partial charge in [0.1, 0.15) is 5.54 Å². The minimum Gasteiger partial charge on any atom is -0.480 e. The number of aliphatic carboxylic acids is 1. The smallest absolute Gasteiger partial charge is 0.329 e. The van der Waals surface area contributed by atoms with Gasteiger partial charge in [-0.05, 0) is 42.2 Å². The maximum Gasteiger partial charge on any atom is 0.329 e. The van der Waals surface area contributed by atoms with Gasteiger partial charge in [0.05, 0.1) is 18.1 Å². The highest BCUT2D eigenvalue weighted by Gasteiger charge is 2.49. The summed E-state index contributed by atoms with van der Waals surface area (Å²) < 4.78 is 0. The van der Waals surface area contributed by atoms with Crippen LogP contribution in [0, 0.1) is 11.3 Å². The Labute approximate surface area is 146 Å². The summed E-state index contributed by atoms with van der Waals surface area (Å²) >= 11 is 0. The van der Waals surface area contributed by atoms with Gasteiger partial charge in [0.2, 0.25) is 5.91 Å². The first kappa shape index (κ1) is 16.7. The van der Waals surface area contributed by atoms with Crippen LogP contribution >= 0.6 is 0 Å². The largest absolute Gasteiger partial charge is 0.480 e. The summed E-state index contributed by atoms with van der Waals surface area (Å²) in [5.41, 5.74) is 2.27. The highest BCUT2D eigenvalue weighted by molar-refractivity contribution is 5.89. The van der Waals surface area contributed by atoms with E-state index in [1.807, 2.05) is 42.5 Å². The zero-order valence-corrected chi connectivity index (χ0v) is 13.9. The Morgan fingerprint density at radius 1 is 1.20 bits per heavy atom. The van der Waals surface area contributed by atoms with E-state index in [9.17, 15) is 14.7 Å². The summed E-state index contributed by atoms with van der Waals surface area (Å²) in [6, 6.07) is 17.0. The van der Waals surface area contributed by atoms with Crippen LogP contribution in [-0.2, 0) is 16.0 Å². The Hall–Kier alpha value is -3.13. The van der Waals surface area contributed by atoms with Gasteiger partial charge >= 0.3 is 5.97 Å². The number of carbonyl (C=O) groups is 2. The van der Waals surface area contributed by atoms with Gasteiger partial charge in [0.15, 0.2) is 0 Å². The minimum absolute atomic E-state index is 0.171. The number of benzene rings is 2. The lowest BCUT2D eigenvalue weighted by atomic mass is 9.86. The molecule has 1 amide bonds. The Balaban J connectivity index is 1.72. The van der Waals surface area contributed by atoms with Gasteiger partial charge in [-0.15, -0.1) is 0 Å². The average Bonchev–Trinajstić information content (AvgIpc) is 2.60. The van der Waals surface area contributed by atoms with Gasteiger partial charge in [-0.1, -0.05) is 36.4 Å². The number of nitriles is 1. The molecule has 0 aromatic heterocycles. The first-order chi connectivity index (χ1) is 11.9. The van der Waals surface area contributed by atoms with E-state index in [4.69, 9.17) is 5.26 Å². The molecular formula is C20H18N2O3. The molecule has 0 saturated carbocycles. The first-order valence-electron chi connectivity index (χ1n) is 8.07. The van der Waals surface area contributed by atoms with Gasteiger partial charge in [-0.25, -0.2) is 4.79 Å². The third-order valence-corrected chi connectivity index (χ3v) is 4.81. The molecule has 0 bridgehead atoms. The molecule has 1 fully saturated rings. The monoisotopic (exact) mass is 334 g/mol. The molecule has 1 N–H and O–H groups in total. The number of hydrogen-bond donors (Lipinski definition) is 1. The number of likely N-dealkylation sites (tertiary alicyclic amines) is 1. The zero-order chi connectivity index (χ0) is 18.0. The molecule has 126 valence electrons. The number of carboxylic acid groups (broad SMARTS) is 1. The third-order valence-electron chi connectivity index (χ3n) is 4.81. The molecule has 1 aliphatic heterocycles. The van der Waals surface area contributed by atoms with Crippen molar-refractivity contribution in [1.82, 2.24) is 4.90 Å². The van der Waals surface area contributed by atoms with Gasteiger partial charge in [-0.3, -0.25) is 4.79 Å². The molecule has 1 aliphatic rings. The molecule has 0 spiro atoms. The standard InChI is InChI=1S/C20H18N2O3/c1-20(19(24)25)9-10-22(20)18(23)12-14-5-7-16(8-6-14)17-4-2-3-15(11-17)13-21/h2-8,11H,9-10,12H2,1H3,(H,24,25). The zero-order valence-electron chi connectivity index (χ0n) is 13.9. The first-order valence-corrected chi connectivity index (χ1v) is 8.07. The molecule has 5 nitrogen and oxygen atoms in total. The van der Waals surface area contributed by atoms with Crippen molar-refractivity contribution >= 4 is 11.9 Å². The molecule has 1 saturated heterocycles. The summed E-state index contributed by atoms with van der Waals surface area (Å²) in [6.45, 7) is 2.07. The SMILES string of the molecule is CC1(C(=O)O)CCN1C(=O)Cc1ccc(-c2cccc(C#N)c2)cc1. The molecular weight excluding hydrogens is 316 g/mol. The predicted octanol–water partition coefficient (Wildman–Crippen LogP) is 2.84. The molecule has 1 unspecified atom stereocenters. The van der Waals surface area contributed by atoms with Crippen molar-refractivity contribution in [3.05, 3.63) is 59.7 Å². The molecule has 5 heteroatoms. The van der Waals surface area contributed by atoms with E-state index >= 15 is 0 Å². The number of rotatable bonds is 4. The summed E-state index contributed by atoms with van der Waals surface area (Å²) in [5.74, 6) is -1.13. The van der Waals surface area contributed by atoms with Crippen molar-refractivity contribution in [1.29, 1.82) is 5.26 Å². The quantitative estimate of drug-likeness (QED) is 0.932. The van der Waals surface area contributed by atoms with Crippen LogP contribution < -0.4 is 0 Å². The lowest BCUT2D eigenvalue weighted by Crippen LogP contribution is -2.64. The number of nitrogens with zero attached hydrogens (tertiary/aromatic N) is 2. The van der Waals surface area contributed by atoms with Gasteiger partial charge in [-0.2, -0.15) is 5.26 Å². The predicted molar refractivity (Wildman–Crippen MR) is 92.7 cm³/mol. The fourth-order valence-electron chi connectivity index (χ4n) is 3.03. The third kappa shape index (κ3) is 3.11. The normalized spacial score (nSPS) is 19.0. The Morgan fingerprint density at radius 2 is 1.92 bits per heavy atom. The van der Waals surface area contributed by atoms with Crippen molar-refractivity contribution in [3.63, 3.8) is 0 Å². The lowest BCUT2D eigenvalue weighted by molar-refractivity contribution is -0.168. The van der Waals surface area contributed by atoms with E-state index in [-0.39, 0.29) is 12.3 Å². The fraction of sp³-hybridized carbons (Fsp3) is 0.250.